The second kappa shape index (κ2) is 4.06. The largest absolute Gasteiger partial charge is 0.357 e. The molecular formula is C11H17N3O. The SMILES string of the molecule is CNCC1(CNC(=O)c2ccc[nH]2)CC1. The number of carbonyl (C=O) groups excluding carboxylic acids is 1. The Morgan fingerprint density at radius 1 is 1.53 bits per heavy atom. The predicted octanol–water partition coefficient (Wildman–Crippen LogP) is 0.744. The molecular weight excluding hydrogens is 190 g/mol. The number of aromatic nitrogens is 1. The second-order valence-electron chi connectivity index (χ2n) is 4.30. The average Bonchev–Trinajstić information content (AvgIpc) is 2.81. The Morgan fingerprint density at radius 3 is 2.87 bits per heavy atom. The van der Waals surface area contributed by atoms with Gasteiger partial charge in [0.25, 0.3) is 5.91 Å². The fourth-order valence-electron chi connectivity index (χ4n) is 1.80. The summed E-state index contributed by atoms with van der Waals surface area (Å²) in [6.45, 7) is 1.75. The molecule has 1 fully saturated rings. The summed E-state index contributed by atoms with van der Waals surface area (Å²) in [4.78, 5) is 14.5. The topological polar surface area (TPSA) is 56.9 Å². The molecule has 0 unspecified atom stereocenters. The van der Waals surface area contributed by atoms with Crippen LogP contribution in [0.3, 0.4) is 0 Å². The van der Waals surface area contributed by atoms with Gasteiger partial charge in [0.05, 0.1) is 0 Å². The highest BCUT2D eigenvalue weighted by Gasteiger charge is 2.41. The molecule has 82 valence electrons. The third-order valence-electron chi connectivity index (χ3n) is 2.98. The minimum Gasteiger partial charge on any atom is -0.357 e. The van der Waals surface area contributed by atoms with Crippen molar-refractivity contribution in [3.05, 3.63) is 24.0 Å². The van der Waals surface area contributed by atoms with Crippen molar-refractivity contribution in [2.24, 2.45) is 5.41 Å². The number of carbonyl (C=O) groups is 1. The molecule has 1 heterocycles. The van der Waals surface area contributed by atoms with Crippen molar-refractivity contribution in [3.63, 3.8) is 0 Å². The van der Waals surface area contributed by atoms with E-state index in [0.717, 1.165) is 13.1 Å². The highest BCUT2D eigenvalue weighted by atomic mass is 16.1. The van der Waals surface area contributed by atoms with E-state index in [4.69, 9.17) is 0 Å². The van der Waals surface area contributed by atoms with E-state index < -0.39 is 0 Å². The van der Waals surface area contributed by atoms with E-state index in [1.807, 2.05) is 13.1 Å². The summed E-state index contributed by atoms with van der Waals surface area (Å²) in [5, 5.41) is 6.13. The van der Waals surface area contributed by atoms with Gasteiger partial charge in [-0.2, -0.15) is 0 Å². The quantitative estimate of drug-likeness (QED) is 0.667. The van der Waals surface area contributed by atoms with Crippen LogP contribution in [0.5, 0.6) is 0 Å². The molecule has 0 radical (unpaired) electrons. The molecule has 0 spiro atoms. The van der Waals surface area contributed by atoms with Crippen LogP contribution in [-0.2, 0) is 0 Å². The lowest BCUT2D eigenvalue weighted by Crippen LogP contribution is -2.35. The number of amides is 1. The van der Waals surface area contributed by atoms with Gasteiger partial charge in [-0.15, -0.1) is 0 Å². The Hall–Kier alpha value is -1.29. The predicted molar refractivity (Wildman–Crippen MR) is 58.7 cm³/mol. The Balaban J connectivity index is 1.81. The lowest BCUT2D eigenvalue weighted by Gasteiger charge is -2.14. The molecule has 15 heavy (non-hydrogen) atoms. The third kappa shape index (κ3) is 2.39. The standard InChI is InChI=1S/C11H17N3O/c1-12-7-11(4-5-11)8-14-10(15)9-3-2-6-13-9/h2-3,6,12-13H,4-5,7-8H2,1H3,(H,14,15). The smallest absolute Gasteiger partial charge is 0.267 e. The molecule has 1 saturated carbocycles. The van der Waals surface area contributed by atoms with Crippen LogP contribution < -0.4 is 10.6 Å². The molecule has 3 N–H and O–H groups in total. The first kappa shape index (κ1) is 10.2. The first-order valence-corrected chi connectivity index (χ1v) is 5.32. The summed E-state index contributed by atoms with van der Waals surface area (Å²) in [5.74, 6) is -0.0117. The van der Waals surface area contributed by atoms with Gasteiger partial charge < -0.3 is 15.6 Å². The van der Waals surface area contributed by atoms with Crippen LogP contribution in [0.15, 0.2) is 18.3 Å². The van der Waals surface area contributed by atoms with Crippen molar-refractivity contribution in [1.29, 1.82) is 0 Å². The number of hydrogen-bond acceptors (Lipinski definition) is 2. The van der Waals surface area contributed by atoms with Gasteiger partial charge in [0.2, 0.25) is 0 Å². The highest BCUT2D eigenvalue weighted by molar-refractivity contribution is 5.92. The van der Waals surface area contributed by atoms with E-state index in [1.165, 1.54) is 12.8 Å². The van der Waals surface area contributed by atoms with Gasteiger partial charge >= 0.3 is 0 Å². The lowest BCUT2D eigenvalue weighted by atomic mass is 10.1. The minimum atomic E-state index is -0.0117. The van der Waals surface area contributed by atoms with Gasteiger partial charge in [-0.05, 0) is 32.0 Å². The van der Waals surface area contributed by atoms with Crippen molar-refractivity contribution in [2.75, 3.05) is 20.1 Å². The molecule has 1 aliphatic rings. The summed E-state index contributed by atoms with van der Waals surface area (Å²) in [5.41, 5.74) is 0.951. The maximum atomic E-state index is 11.6. The Morgan fingerprint density at radius 2 is 2.33 bits per heavy atom. The Bertz CT molecular complexity index is 328. The van der Waals surface area contributed by atoms with Gasteiger partial charge in [0.15, 0.2) is 0 Å². The normalized spacial score (nSPS) is 17.4. The monoisotopic (exact) mass is 207 g/mol. The Kier molecular flexibility index (Phi) is 2.77. The Labute approximate surface area is 89.5 Å². The van der Waals surface area contributed by atoms with Gasteiger partial charge in [-0.25, -0.2) is 0 Å². The summed E-state index contributed by atoms with van der Waals surface area (Å²) < 4.78 is 0. The highest BCUT2D eigenvalue weighted by Crippen LogP contribution is 2.44. The maximum Gasteiger partial charge on any atom is 0.267 e. The van der Waals surface area contributed by atoms with E-state index in [9.17, 15) is 4.79 Å². The van der Waals surface area contributed by atoms with Crippen molar-refractivity contribution < 1.29 is 4.79 Å². The molecule has 2 rings (SSSR count). The lowest BCUT2D eigenvalue weighted by molar-refractivity contribution is 0.0940. The van der Waals surface area contributed by atoms with Crippen molar-refractivity contribution in [1.82, 2.24) is 15.6 Å². The molecule has 0 atom stereocenters. The zero-order valence-electron chi connectivity index (χ0n) is 8.97. The van der Waals surface area contributed by atoms with E-state index in [-0.39, 0.29) is 5.91 Å². The molecule has 0 bridgehead atoms. The first-order valence-electron chi connectivity index (χ1n) is 5.32. The number of rotatable bonds is 5. The van der Waals surface area contributed by atoms with Crippen LogP contribution in [0.2, 0.25) is 0 Å². The van der Waals surface area contributed by atoms with Crippen LogP contribution in [0.1, 0.15) is 23.3 Å². The fraction of sp³-hybridized carbons (Fsp3) is 0.545. The summed E-state index contributed by atoms with van der Waals surface area (Å²) in [6, 6.07) is 3.61. The third-order valence-corrected chi connectivity index (χ3v) is 2.98. The van der Waals surface area contributed by atoms with Crippen LogP contribution >= 0.6 is 0 Å². The van der Waals surface area contributed by atoms with Crippen LogP contribution in [0, 0.1) is 5.41 Å². The molecule has 1 aromatic rings. The van der Waals surface area contributed by atoms with Gasteiger partial charge in [-0.1, -0.05) is 0 Å². The van der Waals surface area contributed by atoms with E-state index >= 15 is 0 Å². The number of hydrogen-bond donors (Lipinski definition) is 3. The average molecular weight is 207 g/mol. The van der Waals surface area contributed by atoms with Crippen LogP contribution in [-0.4, -0.2) is 31.0 Å². The number of H-pyrrole nitrogens is 1. The first-order chi connectivity index (χ1) is 7.26. The molecule has 1 aromatic heterocycles. The summed E-state index contributed by atoms with van der Waals surface area (Å²) in [7, 11) is 1.95. The molecule has 0 saturated heterocycles. The molecule has 1 aliphatic carbocycles. The van der Waals surface area contributed by atoms with Gasteiger partial charge in [0.1, 0.15) is 5.69 Å². The van der Waals surface area contributed by atoms with E-state index in [0.29, 0.717) is 11.1 Å². The molecule has 1 amide bonds. The zero-order chi connectivity index (χ0) is 10.7. The maximum absolute atomic E-state index is 11.6. The number of aromatic amines is 1. The van der Waals surface area contributed by atoms with E-state index in [2.05, 4.69) is 15.6 Å². The number of nitrogens with one attached hydrogen (secondary N) is 3. The van der Waals surface area contributed by atoms with Crippen molar-refractivity contribution in [3.8, 4) is 0 Å². The zero-order valence-corrected chi connectivity index (χ0v) is 8.97. The fourth-order valence-corrected chi connectivity index (χ4v) is 1.80. The summed E-state index contributed by atoms with van der Waals surface area (Å²) in [6.07, 6.45) is 4.17. The van der Waals surface area contributed by atoms with Crippen molar-refractivity contribution >= 4 is 5.91 Å². The van der Waals surface area contributed by atoms with Crippen LogP contribution in [0.25, 0.3) is 0 Å². The van der Waals surface area contributed by atoms with Crippen LogP contribution in [0.4, 0.5) is 0 Å². The van der Waals surface area contributed by atoms with Crippen molar-refractivity contribution in [2.45, 2.75) is 12.8 Å². The molecule has 4 heteroatoms. The molecule has 0 aromatic carbocycles. The second-order valence-corrected chi connectivity index (χ2v) is 4.30. The van der Waals surface area contributed by atoms with Gasteiger partial charge in [-0.3, -0.25) is 4.79 Å². The molecule has 4 nitrogen and oxygen atoms in total. The van der Waals surface area contributed by atoms with Gasteiger partial charge in [0, 0.05) is 24.7 Å². The molecule has 0 aliphatic heterocycles. The summed E-state index contributed by atoms with van der Waals surface area (Å²) >= 11 is 0. The van der Waals surface area contributed by atoms with E-state index in [1.54, 1.807) is 12.3 Å². The minimum absolute atomic E-state index is 0.0117.